The summed E-state index contributed by atoms with van der Waals surface area (Å²) in [5.41, 5.74) is 1.94. The summed E-state index contributed by atoms with van der Waals surface area (Å²) in [5, 5.41) is 6.62. The Morgan fingerprint density at radius 2 is 1.86 bits per heavy atom. The molecule has 0 N–H and O–H groups in total. The molecular formula is C18H16F4N4OS. The van der Waals surface area contributed by atoms with Gasteiger partial charge >= 0.3 is 6.18 Å². The number of hydrogen-bond donors (Lipinski definition) is 0. The SMILES string of the molecule is Cc1cc(C(=O)CSc2nnc(C(F)(F)F)n2C)c(C)n1-c1ccccc1F. The second kappa shape index (κ2) is 7.42. The van der Waals surface area contributed by atoms with Crippen molar-refractivity contribution in [3.05, 3.63) is 58.9 Å². The van der Waals surface area contributed by atoms with Crippen LogP contribution in [0.2, 0.25) is 0 Å². The van der Waals surface area contributed by atoms with Crippen molar-refractivity contribution in [1.82, 2.24) is 19.3 Å². The number of thioether (sulfide) groups is 1. The maximum atomic E-state index is 14.1. The smallest absolute Gasteiger partial charge is 0.315 e. The third-order valence-corrected chi connectivity index (χ3v) is 5.27. The van der Waals surface area contributed by atoms with Crippen LogP contribution in [0.15, 0.2) is 35.5 Å². The van der Waals surface area contributed by atoms with Gasteiger partial charge in [-0.2, -0.15) is 13.2 Å². The fourth-order valence-corrected chi connectivity index (χ4v) is 3.74. The maximum absolute atomic E-state index is 14.1. The Morgan fingerprint density at radius 1 is 1.18 bits per heavy atom. The van der Waals surface area contributed by atoms with Crippen LogP contribution in [0.3, 0.4) is 0 Å². The number of carbonyl (C=O) groups is 1. The lowest BCUT2D eigenvalue weighted by atomic mass is 10.2. The molecule has 10 heteroatoms. The summed E-state index contributed by atoms with van der Waals surface area (Å²) < 4.78 is 54.9. The second-order valence-corrected chi connectivity index (χ2v) is 7.09. The van der Waals surface area contributed by atoms with Crippen molar-refractivity contribution in [1.29, 1.82) is 0 Å². The molecule has 0 aliphatic carbocycles. The van der Waals surface area contributed by atoms with Gasteiger partial charge in [0.05, 0.1) is 11.4 Å². The zero-order valence-electron chi connectivity index (χ0n) is 15.2. The lowest BCUT2D eigenvalue weighted by Crippen LogP contribution is -2.13. The quantitative estimate of drug-likeness (QED) is 0.355. The topological polar surface area (TPSA) is 52.7 Å². The molecule has 0 saturated heterocycles. The number of nitrogens with zero attached hydrogens (tertiary/aromatic N) is 4. The number of halogens is 4. The number of benzene rings is 1. The molecule has 0 unspecified atom stereocenters. The van der Waals surface area contributed by atoms with Crippen molar-refractivity contribution in [2.24, 2.45) is 7.05 Å². The number of carbonyl (C=O) groups excluding carboxylic acids is 1. The Hall–Kier alpha value is -2.62. The highest BCUT2D eigenvalue weighted by Crippen LogP contribution is 2.30. The Balaban J connectivity index is 1.82. The van der Waals surface area contributed by atoms with Gasteiger partial charge in [0.1, 0.15) is 5.82 Å². The molecule has 148 valence electrons. The van der Waals surface area contributed by atoms with Gasteiger partial charge in [0.25, 0.3) is 0 Å². The molecule has 1 aromatic carbocycles. The van der Waals surface area contributed by atoms with E-state index in [1.807, 2.05) is 0 Å². The van der Waals surface area contributed by atoms with Crippen molar-refractivity contribution < 1.29 is 22.4 Å². The van der Waals surface area contributed by atoms with Gasteiger partial charge in [0.15, 0.2) is 10.9 Å². The summed E-state index contributed by atoms with van der Waals surface area (Å²) in [5.74, 6) is -1.96. The van der Waals surface area contributed by atoms with Crippen LogP contribution in [0.4, 0.5) is 17.6 Å². The number of ketones is 1. The van der Waals surface area contributed by atoms with E-state index >= 15 is 0 Å². The molecule has 2 aromatic heterocycles. The number of aromatic nitrogens is 4. The second-order valence-electron chi connectivity index (χ2n) is 6.15. The van der Waals surface area contributed by atoms with Gasteiger partial charge in [-0.05, 0) is 32.0 Å². The fourth-order valence-electron chi connectivity index (χ4n) is 2.94. The Labute approximate surface area is 162 Å². The number of hydrogen-bond acceptors (Lipinski definition) is 4. The van der Waals surface area contributed by atoms with E-state index in [-0.39, 0.29) is 16.7 Å². The van der Waals surface area contributed by atoms with E-state index in [9.17, 15) is 22.4 Å². The third kappa shape index (κ3) is 3.68. The first kappa shape index (κ1) is 20.1. The minimum Gasteiger partial charge on any atom is -0.315 e. The lowest BCUT2D eigenvalue weighted by Gasteiger charge is -2.10. The van der Waals surface area contributed by atoms with E-state index < -0.39 is 17.8 Å². The average Bonchev–Trinajstić information content (AvgIpc) is 3.13. The van der Waals surface area contributed by atoms with Crippen LogP contribution >= 0.6 is 11.8 Å². The van der Waals surface area contributed by atoms with Crippen LogP contribution in [0.5, 0.6) is 0 Å². The summed E-state index contributed by atoms with van der Waals surface area (Å²) in [6, 6.07) is 7.85. The predicted molar refractivity (Wildman–Crippen MR) is 96.3 cm³/mol. The highest BCUT2D eigenvalue weighted by molar-refractivity contribution is 7.99. The van der Waals surface area contributed by atoms with Gasteiger partial charge in [0.2, 0.25) is 5.82 Å². The van der Waals surface area contributed by atoms with E-state index in [2.05, 4.69) is 10.2 Å². The maximum Gasteiger partial charge on any atom is 0.451 e. The molecule has 0 radical (unpaired) electrons. The van der Waals surface area contributed by atoms with Crippen LogP contribution in [-0.4, -0.2) is 30.9 Å². The van der Waals surface area contributed by atoms with Gasteiger partial charge < -0.3 is 9.13 Å². The molecule has 0 fully saturated rings. The molecule has 3 aromatic rings. The van der Waals surface area contributed by atoms with Gasteiger partial charge in [0, 0.05) is 24.0 Å². The first-order valence-corrected chi connectivity index (χ1v) is 9.16. The Morgan fingerprint density at radius 3 is 2.46 bits per heavy atom. The molecule has 5 nitrogen and oxygen atoms in total. The van der Waals surface area contributed by atoms with Crippen LogP contribution in [0, 0.1) is 19.7 Å². The van der Waals surface area contributed by atoms with Crippen molar-refractivity contribution >= 4 is 17.5 Å². The van der Waals surface area contributed by atoms with Gasteiger partial charge in [-0.15, -0.1) is 10.2 Å². The monoisotopic (exact) mass is 412 g/mol. The molecule has 0 aliphatic heterocycles. The van der Waals surface area contributed by atoms with Gasteiger partial charge in [-0.1, -0.05) is 23.9 Å². The van der Waals surface area contributed by atoms with E-state index in [0.29, 0.717) is 22.6 Å². The summed E-state index contributed by atoms with van der Waals surface area (Å²) in [4.78, 5) is 12.6. The van der Waals surface area contributed by atoms with Crippen molar-refractivity contribution in [2.45, 2.75) is 25.2 Å². The Bertz CT molecular complexity index is 1040. The Kier molecular flexibility index (Phi) is 5.33. The predicted octanol–water partition coefficient (Wildman–Crippen LogP) is 4.36. The van der Waals surface area contributed by atoms with Crippen LogP contribution < -0.4 is 0 Å². The molecule has 2 heterocycles. The molecule has 0 atom stereocenters. The number of Topliss-reactive ketones (excluding diaryl/α,β-unsaturated/α-hetero) is 1. The van der Waals surface area contributed by atoms with Gasteiger partial charge in [-0.25, -0.2) is 4.39 Å². The van der Waals surface area contributed by atoms with Crippen LogP contribution in [0.25, 0.3) is 5.69 Å². The van der Waals surface area contributed by atoms with Crippen LogP contribution in [-0.2, 0) is 13.2 Å². The summed E-state index contributed by atoms with van der Waals surface area (Å²) in [6.07, 6.45) is -4.62. The third-order valence-electron chi connectivity index (χ3n) is 4.25. The molecule has 28 heavy (non-hydrogen) atoms. The summed E-state index contributed by atoms with van der Waals surface area (Å²) in [7, 11) is 1.19. The molecule has 0 spiro atoms. The largest absolute Gasteiger partial charge is 0.451 e. The fraction of sp³-hybridized carbons (Fsp3) is 0.278. The molecule has 0 amide bonds. The number of rotatable bonds is 5. The lowest BCUT2D eigenvalue weighted by molar-refractivity contribution is -0.147. The van der Waals surface area contributed by atoms with E-state index in [1.165, 1.54) is 13.1 Å². The first-order valence-electron chi connectivity index (χ1n) is 8.17. The normalized spacial score (nSPS) is 11.8. The van der Waals surface area contributed by atoms with Crippen molar-refractivity contribution in [3.63, 3.8) is 0 Å². The average molecular weight is 412 g/mol. The van der Waals surface area contributed by atoms with Crippen molar-refractivity contribution in [3.8, 4) is 5.69 Å². The standard InChI is InChI=1S/C18H16F4N4OS/c1-10-8-12(11(2)26(10)14-7-5-4-6-13(14)19)15(27)9-28-17-24-23-16(25(17)3)18(20,21)22/h4-8H,9H2,1-3H3. The van der Waals surface area contributed by atoms with E-state index in [0.717, 1.165) is 16.3 Å². The minimum absolute atomic E-state index is 0.0106. The number of aryl methyl sites for hydroxylation is 1. The summed E-state index contributed by atoms with van der Waals surface area (Å²) >= 11 is 0.866. The summed E-state index contributed by atoms with van der Waals surface area (Å²) in [6.45, 7) is 3.45. The zero-order chi connectivity index (χ0) is 20.6. The number of para-hydroxylation sites is 1. The van der Waals surface area contributed by atoms with Crippen LogP contribution in [0.1, 0.15) is 27.6 Å². The molecule has 3 rings (SSSR count). The molecular weight excluding hydrogens is 396 g/mol. The number of alkyl halides is 3. The molecule has 0 bridgehead atoms. The van der Waals surface area contributed by atoms with Crippen molar-refractivity contribution in [2.75, 3.05) is 5.75 Å². The highest BCUT2D eigenvalue weighted by atomic mass is 32.2. The zero-order valence-corrected chi connectivity index (χ0v) is 16.0. The highest BCUT2D eigenvalue weighted by Gasteiger charge is 2.37. The van der Waals surface area contributed by atoms with E-state index in [1.54, 1.807) is 42.7 Å². The molecule has 0 saturated carbocycles. The van der Waals surface area contributed by atoms with E-state index in [4.69, 9.17) is 0 Å². The minimum atomic E-state index is -4.62. The first-order chi connectivity index (χ1) is 13.1. The molecule has 0 aliphatic rings. The van der Waals surface area contributed by atoms with Gasteiger partial charge in [-0.3, -0.25) is 4.79 Å².